The van der Waals surface area contributed by atoms with Gasteiger partial charge in [-0.2, -0.15) is 15.4 Å². The zero-order chi connectivity index (χ0) is 13.6. The Labute approximate surface area is 125 Å². The molecule has 0 radical (unpaired) electrons. The summed E-state index contributed by atoms with van der Waals surface area (Å²) < 4.78 is 0. The first kappa shape index (κ1) is 13.5. The van der Waals surface area contributed by atoms with Crippen LogP contribution < -0.4 is 11.0 Å². The molecule has 0 aliphatic carbocycles. The van der Waals surface area contributed by atoms with E-state index in [0.717, 1.165) is 28.1 Å². The largest absolute Gasteiger partial charge is 0.242 e. The molecule has 0 amide bonds. The third-order valence-corrected chi connectivity index (χ3v) is 4.72. The van der Waals surface area contributed by atoms with Gasteiger partial charge in [0.2, 0.25) is 0 Å². The maximum atomic E-state index is 4.13. The van der Waals surface area contributed by atoms with Gasteiger partial charge in [-0.05, 0) is 11.1 Å². The minimum absolute atomic E-state index is 0.803. The van der Waals surface area contributed by atoms with Gasteiger partial charge in [0.15, 0.2) is 0 Å². The van der Waals surface area contributed by atoms with Crippen LogP contribution in [0.5, 0.6) is 0 Å². The van der Waals surface area contributed by atoms with Crippen molar-refractivity contribution in [3.8, 4) is 0 Å². The SMILES string of the molecule is c1cc(CSc2cn[nH]n2)ccc1CSC1=NNNC1. The highest BCUT2D eigenvalue weighted by Crippen LogP contribution is 2.21. The second-order valence-electron chi connectivity index (χ2n) is 4.17. The minimum atomic E-state index is 0.803. The van der Waals surface area contributed by atoms with Gasteiger partial charge >= 0.3 is 0 Å². The number of hydrogen-bond donors (Lipinski definition) is 3. The standard InChI is InChI=1S/C12H14N6S2/c1-2-10(8-20-12-6-14-18-16-12)4-3-9(1)7-19-11-5-13-17-15-11/h1-5,14,18H,6-8H2,(H,13,15,17). The fourth-order valence-electron chi connectivity index (χ4n) is 1.66. The molecule has 8 heteroatoms. The predicted molar refractivity (Wildman–Crippen MR) is 82.3 cm³/mol. The van der Waals surface area contributed by atoms with Gasteiger partial charge in [-0.1, -0.05) is 36.0 Å². The van der Waals surface area contributed by atoms with E-state index in [1.165, 1.54) is 11.1 Å². The highest BCUT2D eigenvalue weighted by Gasteiger charge is 2.06. The van der Waals surface area contributed by atoms with E-state index < -0.39 is 0 Å². The molecular weight excluding hydrogens is 292 g/mol. The van der Waals surface area contributed by atoms with Crippen LogP contribution in [-0.2, 0) is 11.5 Å². The Balaban J connectivity index is 1.49. The Hall–Kier alpha value is -1.51. The lowest BCUT2D eigenvalue weighted by molar-refractivity contribution is 0.653. The Morgan fingerprint density at radius 2 is 1.80 bits per heavy atom. The maximum absolute atomic E-state index is 4.13. The van der Waals surface area contributed by atoms with E-state index >= 15 is 0 Å². The number of thioether (sulfide) groups is 2. The van der Waals surface area contributed by atoms with E-state index in [2.05, 4.69) is 55.7 Å². The number of benzene rings is 1. The third-order valence-electron chi connectivity index (χ3n) is 2.71. The van der Waals surface area contributed by atoms with E-state index in [1.807, 2.05) is 0 Å². The van der Waals surface area contributed by atoms with Crippen molar-refractivity contribution in [1.82, 2.24) is 26.4 Å². The van der Waals surface area contributed by atoms with Gasteiger partial charge in [-0.25, -0.2) is 11.0 Å². The van der Waals surface area contributed by atoms with E-state index in [-0.39, 0.29) is 0 Å². The van der Waals surface area contributed by atoms with Crippen LogP contribution in [0.25, 0.3) is 0 Å². The van der Waals surface area contributed by atoms with Crippen LogP contribution in [0.4, 0.5) is 0 Å². The average molecular weight is 306 g/mol. The molecule has 1 aromatic heterocycles. The molecule has 0 fully saturated rings. The minimum Gasteiger partial charge on any atom is -0.242 e. The summed E-state index contributed by atoms with van der Waals surface area (Å²) in [4.78, 5) is 0. The molecule has 0 spiro atoms. The fourth-order valence-corrected chi connectivity index (χ4v) is 3.21. The van der Waals surface area contributed by atoms with Crippen molar-refractivity contribution in [3.05, 3.63) is 41.6 Å². The van der Waals surface area contributed by atoms with E-state index in [1.54, 1.807) is 29.7 Å². The molecular formula is C12H14N6S2. The monoisotopic (exact) mass is 306 g/mol. The van der Waals surface area contributed by atoms with E-state index in [9.17, 15) is 0 Å². The van der Waals surface area contributed by atoms with Gasteiger partial charge in [0.25, 0.3) is 0 Å². The summed E-state index contributed by atoms with van der Waals surface area (Å²) >= 11 is 3.43. The number of nitrogens with zero attached hydrogens (tertiary/aromatic N) is 3. The summed E-state index contributed by atoms with van der Waals surface area (Å²) in [5.41, 5.74) is 8.30. The van der Waals surface area contributed by atoms with E-state index in [0.29, 0.717) is 0 Å². The Kier molecular flexibility index (Phi) is 4.57. The number of rotatable bonds is 5. The van der Waals surface area contributed by atoms with Gasteiger partial charge in [0.1, 0.15) is 10.1 Å². The first-order chi connectivity index (χ1) is 9.90. The molecule has 0 saturated carbocycles. The van der Waals surface area contributed by atoms with E-state index in [4.69, 9.17) is 0 Å². The molecule has 3 N–H and O–H groups in total. The highest BCUT2D eigenvalue weighted by atomic mass is 32.2. The van der Waals surface area contributed by atoms with Crippen molar-refractivity contribution in [1.29, 1.82) is 0 Å². The molecule has 0 unspecified atom stereocenters. The lowest BCUT2D eigenvalue weighted by Crippen LogP contribution is -2.21. The summed E-state index contributed by atoms with van der Waals surface area (Å²) in [6.45, 7) is 0.803. The molecule has 1 aliphatic heterocycles. The van der Waals surface area contributed by atoms with Crippen molar-refractivity contribution in [2.45, 2.75) is 16.5 Å². The van der Waals surface area contributed by atoms with Crippen molar-refractivity contribution >= 4 is 28.6 Å². The molecule has 2 aromatic rings. The van der Waals surface area contributed by atoms with Crippen molar-refractivity contribution in [2.75, 3.05) is 6.54 Å². The summed E-state index contributed by atoms with van der Waals surface area (Å²) in [6, 6.07) is 8.66. The third kappa shape index (κ3) is 3.75. The van der Waals surface area contributed by atoms with Gasteiger partial charge in [0, 0.05) is 11.5 Å². The average Bonchev–Trinajstić information content (AvgIpc) is 3.17. The number of hydrazone groups is 1. The molecule has 2 heterocycles. The second kappa shape index (κ2) is 6.78. The van der Waals surface area contributed by atoms with Crippen molar-refractivity contribution in [2.24, 2.45) is 5.10 Å². The van der Waals surface area contributed by atoms with Crippen molar-refractivity contribution in [3.63, 3.8) is 0 Å². The second-order valence-corrected chi connectivity index (χ2v) is 6.22. The van der Waals surface area contributed by atoms with Crippen molar-refractivity contribution < 1.29 is 0 Å². The van der Waals surface area contributed by atoms with Crippen LogP contribution in [0, 0.1) is 0 Å². The fraction of sp³-hybridized carbons (Fsp3) is 0.250. The zero-order valence-electron chi connectivity index (χ0n) is 10.7. The van der Waals surface area contributed by atoms with Gasteiger partial charge in [0.05, 0.1) is 12.7 Å². The number of hydrazine groups is 1. The maximum Gasteiger partial charge on any atom is 0.139 e. The zero-order valence-corrected chi connectivity index (χ0v) is 12.3. The first-order valence-electron chi connectivity index (χ1n) is 6.14. The van der Waals surface area contributed by atoms with Crippen LogP contribution in [0.3, 0.4) is 0 Å². The lowest BCUT2D eigenvalue weighted by atomic mass is 10.2. The molecule has 1 aliphatic rings. The van der Waals surface area contributed by atoms with Gasteiger partial charge < -0.3 is 0 Å². The summed E-state index contributed by atoms with van der Waals surface area (Å²) in [5, 5.41) is 16.6. The predicted octanol–water partition coefficient (Wildman–Crippen LogP) is 1.75. The van der Waals surface area contributed by atoms with Crippen LogP contribution in [0.2, 0.25) is 0 Å². The number of H-pyrrole nitrogens is 1. The summed E-state index contributed by atoms with van der Waals surface area (Å²) in [6.07, 6.45) is 1.74. The number of hydrogen-bond acceptors (Lipinski definition) is 7. The highest BCUT2D eigenvalue weighted by molar-refractivity contribution is 8.13. The van der Waals surface area contributed by atoms with Crippen LogP contribution in [0.1, 0.15) is 11.1 Å². The lowest BCUT2D eigenvalue weighted by Gasteiger charge is -2.03. The molecule has 3 rings (SSSR count). The molecule has 1 aromatic carbocycles. The normalized spacial score (nSPS) is 14.1. The molecule has 20 heavy (non-hydrogen) atoms. The first-order valence-corrected chi connectivity index (χ1v) is 8.11. The summed E-state index contributed by atoms with van der Waals surface area (Å²) in [7, 11) is 0. The molecule has 0 atom stereocenters. The molecule has 0 saturated heterocycles. The molecule has 6 nitrogen and oxygen atoms in total. The van der Waals surface area contributed by atoms with Crippen LogP contribution in [-0.4, -0.2) is 27.0 Å². The topological polar surface area (TPSA) is 78.0 Å². The number of aromatic nitrogens is 3. The smallest absolute Gasteiger partial charge is 0.139 e. The van der Waals surface area contributed by atoms with Crippen LogP contribution >= 0.6 is 23.5 Å². The number of aromatic amines is 1. The Morgan fingerprint density at radius 3 is 2.40 bits per heavy atom. The quantitative estimate of drug-likeness (QED) is 0.731. The Morgan fingerprint density at radius 1 is 1.05 bits per heavy atom. The number of nitrogens with one attached hydrogen (secondary N) is 3. The Bertz CT molecular complexity index is 566. The van der Waals surface area contributed by atoms with Gasteiger partial charge in [-0.3, -0.25) is 0 Å². The summed E-state index contributed by atoms with van der Waals surface area (Å²) in [5.74, 6) is 1.85. The molecule has 0 bridgehead atoms. The molecule has 104 valence electrons. The van der Waals surface area contributed by atoms with Crippen LogP contribution in [0.15, 0.2) is 40.6 Å². The van der Waals surface area contributed by atoms with Gasteiger partial charge in [-0.15, -0.1) is 16.9 Å².